The third kappa shape index (κ3) is 1.29. The molecule has 0 spiro atoms. The molecule has 1 amide bonds. The van der Waals surface area contributed by atoms with Gasteiger partial charge in [-0.25, -0.2) is 5.48 Å². The fourth-order valence-corrected chi connectivity index (χ4v) is 0.554. The summed E-state index contributed by atoms with van der Waals surface area (Å²) in [6.45, 7) is 0. The smallest absolute Gasteiger partial charge is 0.288 e. The lowest BCUT2D eigenvalue weighted by Crippen LogP contribution is -2.19. The van der Waals surface area contributed by atoms with Crippen molar-refractivity contribution in [2.24, 2.45) is 0 Å². The summed E-state index contributed by atoms with van der Waals surface area (Å²) in [5.74, 6) is -0.597. The Hall–Kier alpha value is -1.42. The lowest BCUT2D eigenvalue weighted by molar-refractivity contribution is 0.0701. The van der Waals surface area contributed by atoms with Crippen molar-refractivity contribution in [3.8, 4) is 0 Å². The van der Waals surface area contributed by atoms with E-state index >= 15 is 0 Å². The van der Waals surface area contributed by atoms with E-state index in [4.69, 9.17) is 5.21 Å². The average molecular weight is 138 g/mol. The van der Waals surface area contributed by atoms with Gasteiger partial charge in [0, 0.05) is 6.20 Å². The number of pyridine rings is 1. The Morgan fingerprint density at radius 1 is 1.60 bits per heavy atom. The van der Waals surface area contributed by atoms with Crippen molar-refractivity contribution >= 4 is 5.91 Å². The average Bonchev–Trinajstić information content (AvgIpc) is 2.05. The van der Waals surface area contributed by atoms with Gasteiger partial charge < -0.3 is 0 Å². The highest BCUT2D eigenvalue weighted by atomic mass is 16.5. The molecule has 0 fully saturated rings. The van der Waals surface area contributed by atoms with Gasteiger partial charge >= 0.3 is 0 Å². The zero-order valence-corrected chi connectivity index (χ0v) is 5.11. The number of carbonyl (C=O) groups is 1. The molecule has 0 aromatic carbocycles. The van der Waals surface area contributed by atoms with Crippen LogP contribution in [0.3, 0.4) is 0 Å². The Balaban J connectivity index is 2.85. The van der Waals surface area contributed by atoms with Crippen molar-refractivity contribution in [1.29, 1.82) is 0 Å². The predicted molar refractivity (Wildman–Crippen MR) is 33.5 cm³/mol. The lowest BCUT2D eigenvalue weighted by atomic mass is 10.3. The van der Waals surface area contributed by atoms with Gasteiger partial charge in [0.1, 0.15) is 5.69 Å². The molecular formula is C6H6N2O2. The Morgan fingerprint density at radius 2 is 2.40 bits per heavy atom. The maximum atomic E-state index is 10.6. The van der Waals surface area contributed by atoms with Crippen molar-refractivity contribution < 1.29 is 10.0 Å². The fourth-order valence-electron chi connectivity index (χ4n) is 0.554. The van der Waals surface area contributed by atoms with Crippen LogP contribution < -0.4 is 5.48 Å². The normalized spacial score (nSPS) is 8.90. The van der Waals surface area contributed by atoms with Gasteiger partial charge in [0.15, 0.2) is 0 Å². The third-order valence-corrected chi connectivity index (χ3v) is 0.999. The third-order valence-electron chi connectivity index (χ3n) is 0.999. The van der Waals surface area contributed by atoms with Gasteiger partial charge in [-0.3, -0.25) is 15.0 Å². The first-order valence-electron chi connectivity index (χ1n) is 2.70. The van der Waals surface area contributed by atoms with E-state index in [2.05, 4.69) is 4.98 Å². The zero-order valence-electron chi connectivity index (χ0n) is 5.11. The minimum atomic E-state index is -0.597. The summed E-state index contributed by atoms with van der Waals surface area (Å²) in [6, 6.07) is 4.86. The molecule has 2 N–H and O–H groups in total. The van der Waals surface area contributed by atoms with Gasteiger partial charge in [0.05, 0.1) is 0 Å². The summed E-state index contributed by atoms with van der Waals surface area (Å²) in [4.78, 5) is 14.3. The van der Waals surface area contributed by atoms with Crippen LogP contribution in [0.4, 0.5) is 0 Å². The summed E-state index contributed by atoms with van der Waals surface area (Å²) in [7, 11) is 0. The first-order valence-corrected chi connectivity index (χ1v) is 2.70. The van der Waals surface area contributed by atoms with Gasteiger partial charge in [-0.2, -0.15) is 0 Å². The minimum Gasteiger partial charge on any atom is -0.288 e. The number of hydrogen-bond donors (Lipinski definition) is 2. The number of nitrogens with one attached hydrogen (secondary N) is 1. The molecule has 4 heteroatoms. The number of hydrogen-bond acceptors (Lipinski definition) is 3. The van der Waals surface area contributed by atoms with E-state index in [1.54, 1.807) is 12.1 Å². The largest absolute Gasteiger partial charge is 0.293 e. The van der Waals surface area contributed by atoms with Gasteiger partial charge in [-0.05, 0) is 12.1 Å². The molecule has 4 nitrogen and oxygen atoms in total. The molecule has 10 heavy (non-hydrogen) atoms. The van der Waals surface area contributed by atoms with Crippen LogP contribution in [0, 0.1) is 0 Å². The van der Waals surface area contributed by atoms with E-state index in [1.165, 1.54) is 17.7 Å². The number of rotatable bonds is 1. The van der Waals surface area contributed by atoms with Crippen molar-refractivity contribution in [1.82, 2.24) is 10.5 Å². The van der Waals surface area contributed by atoms with Crippen LogP contribution in [0.2, 0.25) is 0 Å². The SMILES string of the molecule is O=C(NO)c1ccccn1. The van der Waals surface area contributed by atoms with Crippen LogP contribution in [0.25, 0.3) is 0 Å². The van der Waals surface area contributed by atoms with Crippen LogP contribution in [0.1, 0.15) is 10.5 Å². The maximum Gasteiger partial charge on any atom is 0.293 e. The first-order chi connectivity index (χ1) is 4.84. The van der Waals surface area contributed by atoms with Crippen molar-refractivity contribution in [2.75, 3.05) is 0 Å². The summed E-state index contributed by atoms with van der Waals surface area (Å²) in [6.07, 6.45) is 1.48. The second kappa shape index (κ2) is 2.93. The summed E-state index contributed by atoms with van der Waals surface area (Å²) < 4.78 is 0. The minimum absolute atomic E-state index is 0.199. The summed E-state index contributed by atoms with van der Waals surface area (Å²) >= 11 is 0. The number of amides is 1. The Labute approximate surface area is 57.5 Å². The molecule has 0 bridgehead atoms. The first kappa shape index (κ1) is 6.70. The molecule has 0 atom stereocenters. The number of nitrogens with zero attached hydrogens (tertiary/aromatic N) is 1. The van der Waals surface area contributed by atoms with E-state index in [0.717, 1.165) is 0 Å². The van der Waals surface area contributed by atoms with Crippen LogP contribution in [0.15, 0.2) is 24.4 Å². The zero-order chi connectivity index (χ0) is 7.40. The Kier molecular flexibility index (Phi) is 1.96. The van der Waals surface area contributed by atoms with Crippen LogP contribution in [-0.4, -0.2) is 16.1 Å². The van der Waals surface area contributed by atoms with Gasteiger partial charge in [0.25, 0.3) is 5.91 Å². The van der Waals surface area contributed by atoms with E-state index in [-0.39, 0.29) is 5.69 Å². The van der Waals surface area contributed by atoms with Gasteiger partial charge in [0.2, 0.25) is 0 Å². The lowest BCUT2D eigenvalue weighted by Gasteiger charge is -1.93. The van der Waals surface area contributed by atoms with E-state index in [9.17, 15) is 4.79 Å². The van der Waals surface area contributed by atoms with Crippen LogP contribution in [-0.2, 0) is 0 Å². The van der Waals surface area contributed by atoms with E-state index in [1.807, 2.05) is 0 Å². The molecule has 0 unspecified atom stereocenters. The van der Waals surface area contributed by atoms with Crippen LogP contribution in [0.5, 0.6) is 0 Å². The molecule has 0 aliphatic rings. The van der Waals surface area contributed by atoms with Crippen molar-refractivity contribution in [3.05, 3.63) is 30.1 Å². The molecule has 0 saturated heterocycles. The number of carbonyl (C=O) groups excluding carboxylic acids is 1. The molecule has 52 valence electrons. The topological polar surface area (TPSA) is 62.2 Å². The highest BCUT2D eigenvalue weighted by Crippen LogP contribution is 1.90. The highest BCUT2D eigenvalue weighted by molar-refractivity contribution is 5.91. The van der Waals surface area contributed by atoms with Crippen molar-refractivity contribution in [2.45, 2.75) is 0 Å². The predicted octanol–water partition coefficient (Wildman–Crippen LogP) is 0.201. The van der Waals surface area contributed by atoms with Gasteiger partial charge in [-0.1, -0.05) is 6.07 Å². The summed E-state index contributed by atoms with van der Waals surface area (Å²) in [5, 5.41) is 8.15. The standard InChI is InChI=1S/C6H6N2O2/c9-6(8-10)5-3-1-2-4-7-5/h1-4,10H,(H,8,9). The van der Waals surface area contributed by atoms with Crippen molar-refractivity contribution in [3.63, 3.8) is 0 Å². The molecule has 0 radical (unpaired) electrons. The second-order valence-electron chi connectivity index (χ2n) is 1.66. The number of aromatic nitrogens is 1. The maximum absolute atomic E-state index is 10.6. The number of hydroxylamine groups is 1. The molecule has 1 heterocycles. The second-order valence-corrected chi connectivity index (χ2v) is 1.66. The molecule has 0 aliphatic heterocycles. The Bertz CT molecular complexity index is 222. The highest BCUT2D eigenvalue weighted by Gasteiger charge is 2.01. The molecular weight excluding hydrogens is 132 g/mol. The Morgan fingerprint density at radius 3 is 2.90 bits per heavy atom. The van der Waals surface area contributed by atoms with Gasteiger partial charge in [-0.15, -0.1) is 0 Å². The van der Waals surface area contributed by atoms with E-state index in [0.29, 0.717) is 0 Å². The molecule has 0 saturated carbocycles. The van der Waals surface area contributed by atoms with E-state index < -0.39 is 5.91 Å². The molecule has 1 aromatic rings. The quantitative estimate of drug-likeness (QED) is 0.430. The molecule has 0 aliphatic carbocycles. The van der Waals surface area contributed by atoms with Crippen LogP contribution >= 0.6 is 0 Å². The monoisotopic (exact) mass is 138 g/mol. The summed E-state index contributed by atoms with van der Waals surface area (Å²) in [5.41, 5.74) is 1.68. The fraction of sp³-hybridized carbons (Fsp3) is 0. The molecule has 1 aromatic heterocycles. The molecule has 1 rings (SSSR count).